The van der Waals surface area contributed by atoms with Crippen molar-refractivity contribution in [2.45, 2.75) is 6.42 Å². The van der Waals surface area contributed by atoms with Crippen molar-refractivity contribution in [1.29, 1.82) is 0 Å². The largest absolute Gasteiger partial charge is 0.180 e. The van der Waals surface area contributed by atoms with Gasteiger partial charge in [-0.25, -0.2) is 0 Å². The molecule has 0 N–H and O–H groups in total. The summed E-state index contributed by atoms with van der Waals surface area (Å²) in [5.41, 5.74) is 2.73. The first kappa shape index (κ1) is 19.1. The van der Waals surface area contributed by atoms with Crippen molar-refractivity contribution in [3.8, 4) is 0 Å². The zero-order chi connectivity index (χ0) is 20.0. The van der Waals surface area contributed by atoms with Gasteiger partial charge in [0.25, 0.3) is 0 Å². The maximum Gasteiger partial charge on any atom is 0.180 e. The van der Waals surface area contributed by atoms with E-state index in [9.17, 15) is 0 Å². The van der Waals surface area contributed by atoms with Gasteiger partial charge in [-0.15, -0.1) is 0 Å². The quantitative estimate of drug-likeness (QED) is 0.301. The van der Waals surface area contributed by atoms with Crippen LogP contribution in [0.1, 0.15) is 11.1 Å². The molecular weight excluding hydrogens is 479 g/mol. The Hall–Kier alpha value is -1.84. The highest BCUT2D eigenvalue weighted by molar-refractivity contribution is 9.10. The summed E-state index contributed by atoms with van der Waals surface area (Å²) < 4.78 is 1.16. The van der Waals surface area contributed by atoms with Crippen LogP contribution >= 0.6 is 39.1 Å². The summed E-state index contributed by atoms with van der Waals surface area (Å²) in [5.74, 6) is 0. The molecule has 0 amide bonds. The average molecular weight is 496 g/mol. The SMILES string of the molecule is Clc1cccc([Si]2(c3cccc(Cl)c3)c3ccccc3Cc3c(Br)cccc32)c1. The normalized spacial score (nSPS) is 14.2. The Morgan fingerprint density at radius 2 is 1.24 bits per heavy atom. The molecule has 0 radical (unpaired) electrons. The highest BCUT2D eigenvalue weighted by atomic mass is 79.9. The van der Waals surface area contributed by atoms with Crippen molar-refractivity contribution in [3.63, 3.8) is 0 Å². The van der Waals surface area contributed by atoms with Crippen molar-refractivity contribution >= 4 is 68.0 Å². The summed E-state index contributed by atoms with van der Waals surface area (Å²) in [6.07, 6.45) is 0.919. The molecule has 0 aromatic heterocycles. The Labute approximate surface area is 190 Å². The van der Waals surface area contributed by atoms with Crippen LogP contribution in [0.3, 0.4) is 0 Å². The van der Waals surface area contributed by atoms with Crippen LogP contribution in [0.2, 0.25) is 10.0 Å². The Bertz CT molecular complexity index is 1190. The van der Waals surface area contributed by atoms with Gasteiger partial charge in [0.1, 0.15) is 0 Å². The number of halogens is 3. The molecule has 142 valence electrons. The van der Waals surface area contributed by atoms with Gasteiger partial charge < -0.3 is 0 Å². The second kappa shape index (κ2) is 7.44. The molecule has 1 aliphatic heterocycles. The number of fused-ring (bicyclic) bond motifs is 2. The molecule has 0 saturated heterocycles. The van der Waals surface area contributed by atoms with Crippen LogP contribution in [0.5, 0.6) is 0 Å². The van der Waals surface area contributed by atoms with Crippen molar-refractivity contribution in [3.05, 3.63) is 117 Å². The molecule has 5 rings (SSSR count). The van der Waals surface area contributed by atoms with Crippen LogP contribution in [-0.2, 0) is 6.42 Å². The third-order valence-corrected chi connectivity index (χ3v) is 12.0. The predicted molar refractivity (Wildman–Crippen MR) is 131 cm³/mol. The fourth-order valence-electron chi connectivity index (χ4n) is 4.70. The number of hydrogen-bond donors (Lipinski definition) is 0. The molecule has 0 saturated carbocycles. The molecule has 0 unspecified atom stereocenters. The van der Waals surface area contributed by atoms with E-state index in [1.165, 1.54) is 31.9 Å². The van der Waals surface area contributed by atoms with Gasteiger partial charge in [0.05, 0.1) is 0 Å². The van der Waals surface area contributed by atoms with E-state index < -0.39 is 8.07 Å². The molecule has 4 heteroatoms. The van der Waals surface area contributed by atoms with Crippen molar-refractivity contribution < 1.29 is 0 Å². The van der Waals surface area contributed by atoms with Crippen LogP contribution in [0.4, 0.5) is 0 Å². The monoisotopic (exact) mass is 494 g/mol. The van der Waals surface area contributed by atoms with Crippen molar-refractivity contribution in [2.75, 3.05) is 0 Å². The lowest BCUT2D eigenvalue weighted by atomic mass is 10.0. The molecule has 0 atom stereocenters. The molecule has 1 heterocycles. The Morgan fingerprint density at radius 1 is 0.655 bits per heavy atom. The molecule has 4 aromatic carbocycles. The summed E-state index contributed by atoms with van der Waals surface area (Å²) in [4.78, 5) is 0. The van der Waals surface area contributed by atoms with Gasteiger partial charge in [0.15, 0.2) is 8.07 Å². The molecular formula is C25H17BrCl2Si. The van der Waals surface area contributed by atoms with Gasteiger partial charge in [-0.3, -0.25) is 0 Å². The zero-order valence-electron chi connectivity index (χ0n) is 15.5. The first-order valence-electron chi connectivity index (χ1n) is 9.49. The maximum absolute atomic E-state index is 6.52. The topological polar surface area (TPSA) is 0 Å². The Kier molecular flexibility index (Phi) is 4.91. The molecule has 29 heavy (non-hydrogen) atoms. The molecule has 0 spiro atoms. The summed E-state index contributed by atoms with van der Waals surface area (Å²) in [6.45, 7) is 0. The Balaban J connectivity index is 2.00. The predicted octanol–water partition coefficient (Wildman–Crippen LogP) is 5.04. The second-order valence-electron chi connectivity index (χ2n) is 7.37. The minimum atomic E-state index is -2.57. The van der Waals surface area contributed by atoms with Crippen LogP contribution in [0, 0.1) is 0 Å². The summed E-state index contributed by atoms with van der Waals surface area (Å²) in [7, 11) is -2.57. The lowest BCUT2D eigenvalue weighted by Crippen LogP contribution is -2.77. The van der Waals surface area contributed by atoms with E-state index >= 15 is 0 Å². The summed E-state index contributed by atoms with van der Waals surface area (Å²) >= 11 is 16.9. The first-order chi connectivity index (χ1) is 14.1. The van der Waals surface area contributed by atoms with Crippen molar-refractivity contribution in [2.24, 2.45) is 0 Å². The highest BCUT2D eigenvalue weighted by Gasteiger charge is 2.46. The molecule has 1 aliphatic rings. The van der Waals surface area contributed by atoms with Gasteiger partial charge in [0.2, 0.25) is 0 Å². The lowest BCUT2D eigenvalue weighted by Gasteiger charge is -2.40. The van der Waals surface area contributed by atoms with E-state index in [2.05, 4.69) is 94.8 Å². The van der Waals surface area contributed by atoms with Gasteiger partial charge in [-0.2, -0.15) is 0 Å². The standard InChI is InChI=1S/C25H17BrCl2Si/c26-23-11-5-13-25-22(23)14-17-6-1-2-12-24(17)29(25,20-9-3-7-18(27)15-20)21-10-4-8-19(28)16-21/h1-13,15-16H,14H2. The smallest absolute Gasteiger partial charge is 0.0843 e. The van der Waals surface area contributed by atoms with Crippen LogP contribution in [0.15, 0.2) is 95.5 Å². The zero-order valence-corrected chi connectivity index (χ0v) is 19.6. The van der Waals surface area contributed by atoms with E-state index in [4.69, 9.17) is 23.2 Å². The molecule has 4 aromatic rings. The fraction of sp³-hybridized carbons (Fsp3) is 0.0400. The summed E-state index contributed by atoms with van der Waals surface area (Å²) in [5, 5.41) is 6.88. The third kappa shape index (κ3) is 3.01. The maximum atomic E-state index is 6.52. The molecule has 0 fully saturated rings. The minimum Gasteiger partial charge on any atom is -0.0843 e. The van der Waals surface area contributed by atoms with E-state index in [-0.39, 0.29) is 0 Å². The average Bonchev–Trinajstić information content (AvgIpc) is 2.73. The fourth-order valence-corrected chi connectivity index (χ4v) is 11.3. The number of rotatable bonds is 2. The minimum absolute atomic E-state index is 0.760. The van der Waals surface area contributed by atoms with Gasteiger partial charge in [-0.05, 0) is 68.6 Å². The van der Waals surface area contributed by atoms with Crippen molar-refractivity contribution in [1.82, 2.24) is 0 Å². The first-order valence-corrected chi connectivity index (χ1v) is 13.0. The lowest BCUT2D eigenvalue weighted by molar-refractivity contribution is 1.19. The van der Waals surface area contributed by atoms with Gasteiger partial charge in [-0.1, -0.05) is 99.8 Å². The van der Waals surface area contributed by atoms with E-state index in [1.807, 2.05) is 12.1 Å². The molecule has 0 aliphatic carbocycles. The summed E-state index contributed by atoms with van der Waals surface area (Å²) in [6, 6.07) is 32.2. The molecule has 0 nitrogen and oxygen atoms in total. The van der Waals surface area contributed by atoms with E-state index in [0.29, 0.717) is 0 Å². The van der Waals surface area contributed by atoms with Gasteiger partial charge >= 0.3 is 0 Å². The molecule has 0 bridgehead atoms. The van der Waals surface area contributed by atoms with Crippen LogP contribution < -0.4 is 20.7 Å². The van der Waals surface area contributed by atoms with E-state index in [0.717, 1.165) is 20.9 Å². The number of hydrogen-bond acceptors (Lipinski definition) is 0. The van der Waals surface area contributed by atoms with Crippen LogP contribution in [-0.4, -0.2) is 8.07 Å². The third-order valence-electron chi connectivity index (χ3n) is 5.83. The van der Waals surface area contributed by atoms with Crippen LogP contribution in [0.25, 0.3) is 0 Å². The second-order valence-corrected chi connectivity index (χ2v) is 12.8. The van der Waals surface area contributed by atoms with Gasteiger partial charge in [0, 0.05) is 14.5 Å². The highest BCUT2D eigenvalue weighted by Crippen LogP contribution is 2.27. The van der Waals surface area contributed by atoms with E-state index in [1.54, 1.807) is 0 Å². The Morgan fingerprint density at radius 3 is 1.90 bits per heavy atom. The number of benzene rings is 4.